The third kappa shape index (κ3) is 4.26. The van der Waals surface area contributed by atoms with Gasteiger partial charge in [0.05, 0.1) is 0 Å². The van der Waals surface area contributed by atoms with Gasteiger partial charge in [0.2, 0.25) is 0 Å². The van der Waals surface area contributed by atoms with E-state index in [0.29, 0.717) is 0 Å². The Bertz CT molecular complexity index is 2920. The minimum Gasteiger partial charge on any atom is -0.323 e. The van der Waals surface area contributed by atoms with E-state index >= 15 is 0 Å². The lowest BCUT2D eigenvalue weighted by Gasteiger charge is -2.26. The number of aromatic nitrogens is 1. The second-order valence-corrected chi connectivity index (χ2v) is 15.1. The molecule has 50 heavy (non-hydrogen) atoms. The quantitative estimate of drug-likeness (QED) is 0.181. The van der Waals surface area contributed by atoms with Crippen molar-refractivity contribution in [3.63, 3.8) is 0 Å². The van der Waals surface area contributed by atoms with E-state index < -0.39 is 0 Å². The second kappa shape index (κ2) is 10.8. The molecule has 0 saturated carbocycles. The van der Waals surface area contributed by atoms with Crippen molar-refractivity contribution in [2.24, 2.45) is 0 Å². The Hall–Kier alpha value is -5.94. The molecule has 4 aromatic heterocycles. The molecular formula is C46H28N2S2. The first-order valence-corrected chi connectivity index (χ1v) is 18.5. The molecule has 0 aliphatic heterocycles. The highest BCUT2D eigenvalue weighted by Crippen LogP contribution is 2.44. The summed E-state index contributed by atoms with van der Waals surface area (Å²) in [4.78, 5) is 2.43. The number of benzene rings is 7. The minimum absolute atomic E-state index is 1.13. The van der Waals surface area contributed by atoms with Gasteiger partial charge in [-0.15, -0.1) is 22.7 Å². The molecule has 0 spiro atoms. The van der Waals surface area contributed by atoms with Gasteiger partial charge >= 0.3 is 0 Å². The van der Waals surface area contributed by atoms with Crippen LogP contribution in [0.5, 0.6) is 0 Å². The molecule has 2 nitrogen and oxygen atoms in total. The Labute approximate surface area is 296 Å². The zero-order valence-electron chi connectivity index (χ0n) is 26.9. The highest BCUT2D eigenvalue weighted by Gasteiger charge is 2.18. The Morgan fingerprint density at radius 3 is 1.54 bits per heavy atom. The van der Waals surface area contributed by atoms with E-state index in [9.17, 15) is 0 Å². The molecule has 0 amide bonds. The molecule has 0 aliphatic rings. The molecular weight excluding hydrogens is 645 g/mol. The topological polar surface area (TPSA) is 7.65 Å². The van der Waals surface area contributed by atoms with E-state index in [4.69, 9.17) is 0 Å². The van der Waals surface area contributed by atoms with Crippen molar-refractivity contribution in [2.45, 2.75) is 0 Å². The standard InChI is InChI=1S/C46H28N2S2/c1-3-10-43-37(8-1)39-22-16-30-14-20-35(26-41(30)45(39)49-43)48(33-18-12-29(13-19-33)32-25-34-7-5-6-24-47(34)28-32)36-21-15-31-17-23-40-38-9-2-4-11-44(38)50-46(40)42(31)27-36/h1-28H. The summed E-state index contributed by atoms with van der Waals surface area (Å²) in [5.74, 6) is 0. The molecule has 4 heteroatoms. The van der Waals surface area contributed by atoms with Gasteiger partial charge in [-0.25, -0.2) is 0 Å². The van der Waals surface area contributed by atoms with E-state index in [1.165, 1.54) is 78.5 Å². The lowest BCUT2D eigenvalue weighted by atomic mass is 10.0. The van der Waals surface area contributed by atoms with Crippen molar-refractivity contribution >= 4 is 107 Å². The largest absolute Gasteiger partial charge is 0.323 e. The summed E-state index contributed by atoms with van der Waals surface area (Å²) in [5.41, 5.74) is 7.03. The molecule has 0 bridgehead atoms. The Kier molecular flexibility index (Phi) is 6.03. The molecule has 0 fully saturated rings. The van der Waals surface area contributed by atoms with Crippen molar-refractivity contribution < 1.29 is 0 Å². The van der Waals surface area contributed by atoms with Crippen LogP contribution in [0.15, 0.2) is 170 Å². The van der Waals surface area contributed by atoms with Crippen LogP contribution >= 0.6 is 22.7 Å². The summed E-state index contributed by atoms with van der Waals surface area (Å²) in [6.45, 7) is 0. The van der Waals surface area contributed by atoms with E-state index in [-0.39, 0.29) is 0 Å². The number of nitrogens with zero attached hydrogens (tertiary/aromatic N) is 2. The molecule has 7 aromatic carbocycles. The number of pyridine rings is 1. The zero-order chi connectivity index (χ0) is 32.8. The molecule has 0 saturated heterocycles. The average molecular weight is 673 g/mol. The summed E-state index contributed by atoms with van der Waals surface area (Å²) < 4.78 is 7.52. The van der Waals surface area contributed by atoms with Gasteiger partial charge in [-0.1, -0.05) is 91.0 Å². The molecule has 0 N–H and O–H groups in total. The van der Waals surface area contributed by atoms with Gasteiger partial charge in [0.25, 0.3) is 0 Å². The molecule has 0 aliphatic carbocycles. The number of hydrogen-bond donors (Lipinski definition) is 0. The smallest absolute Gasteiger partial charge is 0.0468 e. The SMILES string of the molecule is c1ccc2c(c1)sc1c3cc(N(c4ccc(-c5cc6ccccn6c5)cc4)c4ccc5ccc6c7ccccc7sc6c5c4)ccc3ccc21. The molecule has 234 valence electrons. The maximum Gasteiger partial charge on any atom is 0.0468 e. The van der Waals surface area contributed by atoms with Crippen LogP contribution in [0.4, 0.5) is 17.1 Å². The molecule has 11 rings (SSSR count). The van der Waals surface area contributed by atoms with Crippen LogP contribution in [0.3, 0.4) is 0 Å². The van der Waals surface area contributed by atoms with Crippen LogP contribution in [0.2, 0.25) is 0 Å². The Balaban J connectivity index is 1.13. The molecule has 11 aromatic rings. The Morgan fingerprint density at radius 2 is 0.940 bits per heavy atom. The lowest BCUT2D eigenvalue weighted by molar-refractivity contribution is 1.20. The third-order valence-electron chi connectivity index (χ3n) is 10.2. The number of hydrogen-bond acceptors (Lipinski definition) is 3. The maximum absolute atomic E-state index is 2.43. The summed E-state index contributed by atoms with van der Waals surface area (Å²) in [5, 5.41) is 10.4. The highest BCUT2D eigenvalue weighted by molar-refractivity contribution is 7.27. The first-order chi connectivity index (χ1) is 24.7. The van der Waals surface area contributed by atoms with Crippen LogP contribution in [0, 0.1) is 0 Å². The van der Waals surface area contributed by atoms with E-state index in [1.807, 2.05) is 22.7 Å². The van der Waals surface area contributed by atoms with Gasteiger partial charge < -0.3 is 9.30 Å². The predicted molar refractivity (Wildman–Crippen MR) is 218 cm³/mol. The lowest BCUT2D eigenvalue weighted by Crippen LogP contribution is -2.10. The highest BCUT2D eigenvalue weighted by atomic mass is 32.1. The van der Waals surface area contributed by atoms with Crippen LogP contribution in [0.1, 0.15) is 0 Å². The first kappa shape index (κ1) is 28.0. The van der Waals surface area contributed by atoms with Crippen LogP contribution in [0.25, 0.3) is 78.5 Å². The van der Waals surface area contributed by atoms with Gasteiger partial charge in [-0.3, -0.25) is 0 Å². The normalized spacial score (nSPS) is 12.0. The summed E-state index contributed by atoms with van der Waals surface area (Å²) in [7, 11) is 0. The van der Waals surface area contributed by atoms with Crippen molar-refractivity contribution in [2.75, 3.05) is 4.90 Å². The predicted octanol–water partition coefficient (Wildman–Crippen LogP) is 14.1. The number of anilines is 3. The monoisotopic (exact) mass is 672 g/mol. The van der Waals surface area contributed by atoms with E-state index in [1.54, 1.807) is 0 Å². The maximum atomic E-state index is 2.43. The van der Waals surface area contributed by atoms with Gasteiger partial charge in [-0.05, 0) is 83.1 Å². The van der Waals surface area contributed by atoms with Gasteiger partial charge in [0.1, 0.15) is 0 Å². The van der Waals surface area contributed by atoms with Crippen LogP contribution in [-0.4, -0.2) is 4.40 Å². The van der Waals surface area contributed by atoms with Crippen molar-refractivity contribution in [3.8, 4) is 11.1 Å². The minimum atomic E-state index is 1.13. The molecule has 4 heterocycles. The third-order valence-corrected chi connectivity index (χ3v) is 12.6. The summed E-state index contributed by atoms with van der Waals surface area (Å²) >= 11 is 3.78. The fourth-order valence-corrected chi connectivity index (χ4v) is 10.2. The second-order valence-electron chi connectivity index (χ2n) is 13.0. The molecule has 0 radical (unpaired) electrons. The summed E-state index contributed by atoms with van der Waals surface area (Å²) in [6.07, 6.45) is 4.32. The van der Waals surface area contributed by atoms with Crippen LogP contribution in [-0.2, 0) is 0 Å². The molecule has 0 unspecified atom stereocenters. The fourth-order valence-electron chi connectivity index (χ4n) is 7.72. The van der Waals surface area contributed by atoms with E-state index in [2.05, 4.69) is 179 Å². The Morgan fingerprint density at radius 1 is 0.400 bits per heavy atom. The van der Waals surface area contributed by atoms with Crippen molar-refractivity contribution in [1.82, 2.24) is 4.40 Å². The first-order valence-electron chi connectivity index (χ1n) is 16.9. The van der Waals surface area contributed by atoms with Crippen molar-refractivity contribution in [3.05, 3.63) is 170 Å². The van der Waals surface area contributed by atoms with Gasteiger partial charge in [-0.2, -0.15) is 0 Å². The fraction of sp³-hybridized carbons (Fsp3) is 0. The van der Waals surface area contributed by atoms with Crippen LogP contribution < -0.4 is 4.90 Å². The number of fused-ring (bicyclic) bond motifs is 11. The van der Waals surface area contributed by atoms with E-state index in [0.717, 1.165) is 17.1 Å². The number of rotatable bonds is 4. The zero-order valence-corrected chi connectivity index (χ0v) is 28.5. The molecule has 0 atom stereocenters. The number of thiophene rings is 2. The van der Waals surface area contributed by atoms with Crippen molar-refractivity contribution in [1.29, 1.82) is 0 Å². The average Bonchev–Trinajstić information content (AvgIpc) is 3.89. The summed E-state index contributed by atoms with van der Waals surface area (Å²) in [6, 6.07) is 58.2. The van der Waals surface area contributed by atoms with Gasteiger partial charge in [0.15, 0.2) is 0 Å². The van der Waals surface area contributed by atoms with Gasteiger partial charge in [0, 0.05) is 91.7 Å².